The molecular formula is C36H32N6O9. The summed E-state index contributed by atoms with van der Waals surface area (Å²) >= 11 is 0. The van der Waals surface area contributed by atoms with Crippen molar-refractivity contribution in [2.45, 2.75) is 6.42 Å². The Bertz CT molecular complexity index is 2080. The van der Waals surface area contributed by atoms with E-state index in [9.17, 15) is 28.8 Å². The maximum atomic E-state index is 12.8. The molecule has 0 saturated carbocycles. The zero-order chi connectivity index (χ0) is 36.1. The maximum Gasteiger partial charge on any atom is 0.335 e. The van der Waals surface area contributed by atoms with Crippen LogP contribution in [0.4, 0.5) is 9.59 Å². The van der Waals surface area contributed by atoms with Gasteiger partial charge >= 0.3 is 18.0 Å². The van der Waals surface area contributed by atoms with Crippen LogP contribution < -0.4 is 21.3 Å². The molecule has 7 amide bonds. The number of furan rings is 2. The van der Waals surface area contributed by atoms with Crippen molar-refractivity contribution in [3.8, 4) is 22.6 Å². The van der Waals surface area contributed by atoms with Crippen LogP contribution in [-0.2, 0) is 9.59 Å². The van der Waals surface area contributed by atoms with Crippen LogP contribution in [0.3, 0.4) is 0 Å². The molecule has 51 heavy (non-hydrogen) atoms. The van der Waals surface area contributed by atoms with Crippen LogP contribution >= 0.6 is 0 Å². The van der Waals surface area contributed by atoms with Gasteiger partial charge in [-0.25, -0.2) is 14.4 Å². The van der Waals surface area contributed by atoms with E-state index in [-0.39, 0.29) is 22.9 Å². The second-order valence-corrected chi connectivity index (χ2v) is 11.7. The van der Waals surface area contributed by atoms with Gasteiger partial charge in [-0.3, -0.25) is 25.0 Å². The van der Waals surface area contributed by atoms with Gasteiger partial charge in [0.05, 0.1) is 5.56 Å². The minimum Gasteiger partial charge on any atom is -0.478 e. The van der Waals surface area contributed by atoms with Crippen molar-refractivity contribution in [2.24, 2.45) is 0 Å². The Morgan fingerprint density at radius 1 is 0.627 bits per heavy atom. The van der Waals surface area contributed by atoms with Gasteiger partial charge in [0.1, 0.15) is 34.4 Å². The highest BCUT2D eigenvalue weighted by atomic mass is 16.4. The van der Waals surface area contributed by atoms with E-state index in [0.717, 1.165) is 38.2 Å². The number of carboxylic acid groups (broad SMARTS) is 1. The summed E-state index contributed by atoms with van der Waals surface area (Å²) in [7, 11) is 2.07. The molecule has 15 heteroatoms. The highest BCUT2D eigenvalue weighted by Crippen LogP contribution is 2.26. The topological polar surface area (TPSA) is 204 Å². The third-order valence-electron chi connectivity index (χ3n) is 8.11. The molecule has 3 aliphatic heterocycles. The van der Waals surface area contributed by atoms with Gasteiger partial charge in [0.25, 0.3) is 17.7 Å². The molecule has 4 aromatic rings. The van der Waals surface area contributed by atoms with Crippen molar-refractivity contribution < 1.29 is 42.7 Å². The van der Waals surface area contributed by atoms with Gasteiger partial charge in [0.2, 0.25) is 0 Å². The molecule has 3 saturated heterocycles. The Morgan fingerprint density at radius 2 is 1.12 bits per heavy atom. The van der Waals surface area contributed by atoms with Gasteiger partial charge < -0.3 is 34.4 Å². The van der Waals surface area contributed by atoms with Crippen LogP contribution in [0.15, 0.2) is 93.0 Å². The molecule has 15 nitrogen and oxygen atoms in total. The number of nitrogens with one attached hydrogen (secondary N) is 4. The Balaban J connectivity index is 0.000000183. The van der Waals surface area contributed by atoms with Crippen molar-refractivity contribution in [1.29, 1.82) is 0 Å². The standard InChI is InChI=1S/C21H22N4O4.C15H10N2O5/c1-24-9-2-10-25(12-11-24)20(27)15-5-3-14(4-6-15)18-8-7-16(29-18)13-17-19(26)23-21(28)22-17;18-13-11(16-15(21)17-13)7-10-5-6-12(22-10)8-1-3-9(4-2-8)14(19)20/h3-8,13H,2,9-12H2,1H3,(H2,22,23,26,28);1-7H,(H,19,20)(H2,16,17,18,21)/b17-13-;11-7-. The van der Waals surface area contributed by atoms with Gasteiger partial charge in [0, 0.05) is 48.5 Å². The normalized spacial score (nSPS) is 17.7. The van der Waals surface area contributed by atoms with Crippen LogP contribution in [-0.4, -0.2) is 83.9 Å². The summed E-state index contributed by atoms with van der Waals surface area (Å²) in [6, 6.07) is 19.2. The van der Waals surface area contributed by atoms with Crippen LogP contribution in [0.5, 0.6) is 0 Å². The largest absolute Gasteiger partial charge is 0.478 e. The van der Waals surface area contributed by atoms with Crippen LogP contribution in [0.25, 0.3) is 34.8 Å². The fourth-order valence-electron chi connectivity index (χ4n) is 5.41. The van der Waals surface area contributed by atoms with E-state index in [2.05, 4.69) is 33.2 Å². The fourth-order valence-corrected chi connectivity index (χ4v) is 5.41. The summed E-state index contributed by atoms with van der Waals surface area (Å²) in [4.78, 5) is 72.9. The molecule has 2 aromatic heterocycles. The van der Waals surface area contributed by atoms with E-state index in [1.807, 2.05) is 17.0 Å². The molecule has 5 heterocycles. The number of benzene rings is 2. The zero-order valence-electron chi connectivity index (χ0n) is 27.2. The average Bonchev–Trinajstić information content (AvgIpc) is 3.88. The van der Waals surface area contributed by atoms with E-state index >= 15 is 0 Å². The summed E-state index contributed by atoms with van der Waals surface area (Å²) in [5.74, 6) is -0.000240. The number of imide groups is 2. The number of likely N-dealkylation sites (N-methyl/N-ethyl adjacent to an activating group) is 1. The number of carboxylic acids is 1. The quantitative estimate of drug-likeness (QED) is 0.146. The molecule has 0 spiro atoms. The van der Waals surface area contributed by atoms with E-state index in [1.54, 1.807) is 48.5 Å². The number of carbonyl (C=O) groups is 6. The molecular weight excluding hydrogens is 660 g/mol. The van der Waals surface area contributed by atoms with E-state index < -0.39 is 29.8 Å². The molecule has 0 aliphatic carbocycles. The molecule has 2 aromatic carbocycles. The predicted octanol–water partition coefficient (Wildman–Crippen LogP) is 3.73. The monoisotopic (exact) mass is 692 g/mol. The van der Waals surface area contributed by atoms with Crippen molar-refractivity contribution in [3.63, 3.8) is 0 Å². The minimum absolute atomic E-state index is 0.0414. The number of nitrogens with zero attached hydrogens (tertiary/aromatic N) is 2. The molecule has 5 N–H and O–H groups in total. The van der Waals surface area contributed by atoms with E-state index in [1.165, 1.54) is 24.3 Å². The average molecular weight is 693 g/mol. The van der Waals surface area contributed by atoms with Crippen molar-refractivity contribution in [3.05, 3.63) is 107 Å². The Morgan fingerprint density at radius 3 is 1.57 bits per heavy atom. The molecule has 260 valence electrons. The van der Waals surface area contributed by atoms with E-state index in [4.69, 9.17) is 13.9 Å². The lowest BCUT2D eigenvalue weighted by atomic mass is 10.1. The first-order valence-electron chi connectivity index (χ1n) is 15.8. The molecule has 0 atom stereocenters. The van der Waals surface area contributed by atoms with Gasteiger partial charge in [-0.15, -0.1) is 0 Å². The third kappa shape index (κ3) is 8.29. The van der Waals surface area contributed by atoms with Gasteiger partial charge in [0.15, 0.2) is 0 Å². The van der Waals surface area contributed by atoms with Crippen molar-refractivity contribution in [2.75, 3.05) is 33.2 Å². The Hall–Kier alpha value is -6.74. The molecule has 0 radical (unpaired) electrons. The smallest absolute Gasteiger partial charge is 0.335 e. The van der Waals surface area contributed by atoms with E-state index in [0.29, 0.717) is 34.2 Å². The lowest BCUT2D eigenvalue weighted by Gasteiger charge is -2.20. The first kappa shape index (κ1) is 34.1. The molecule has 7 rings (SSSR count). The van der Waals surface area contributed by atoms with Crippen LogP contribution in [0.1, 0.15) is 38.7 Å². The van der Waals surface area contributed by atoms with Crippen molar-refractivity contribution >= 4 is 47.9 Å². The minimum atomic E-state index is -1.00. The number of aromatic carboxylic acids is 1. The second-order valence-electron chi connectivity index (χ2n) is 11.7. The predicted molar refractivity (Wildman–Crippen MR) is 183 cm³/mol. The summed E-state index contributed by atoms with van der Waals surface area (Å²) in [6.07, 6.45) is 3.86. The van der Waals surface area contributed by atoms with Crippen molar-refractivity contribution in [1.82, 2.24) is 31.1 Å². The van der Waals surface area contributed by atoms with Gasteiger partial charge in [-0.05, 0) is 68.5 Å². The summed E-state index contributed by atoms with van der Waals surface area (Å²) in [6.45, 7) is 3.39. The summed E-state index contributed by atoms with van der Waals surface area (Å²) < 4.78 is 11.3. The lowest BCUT2D eigenvalue weighted by molar-refractivity contribution is -0.116. The van der Waals surface area contributed by atoms with Crippen LogP contribution in [0.2, 0.25) is 0 Å². The summed E-state index contributed by atoms with van der Waals surface area (Å²) in [5.41, 5.74) is 2.60. The molecule has 3 aliphatic rings. The Kier molecular flexibility index (Phi) is 9.90. The van der Waals surface area contributed by atoms with Crippen LogP contribution in [0, 0.1) is 0 Å². The number of hydrogen-bond acceptors (Lipinski definition) is 9. The number of hydrogen-bond donors (Lipinski definition) is 5. The molecule has 3 fully saturated rings. The summed E-state index contributed by atoms with van der Waals surface area (Å²) in [5, 5.41) is 17.9. The SMILES string of the molecule is CN1CCCN(C(=O)c2ccc(-c3ccc(/C=C4\NC(=O)NC4=O)o3)cc2)CC1.O=C1NC(=O)/C(=C/c2ccc(-c3ccc(C(=O)O)cc3)o2)N1. The Labute approximate surface area is 290 Å². The molecule has 0 unspecified atom stereocenters. The second kappa shape index (κ2) is 14.8. The van der Waals surface area contributed by atoms with Gasteiger partial charge in [-0.2, -0.15) is 0 Å². The molecule has 0 bridgehead atoms. The number of urea groups is 2. The third-order valence-corrected chi connectivity index (χ3v) is 8.11. The first-order chi connectivity index (χ1) is 24.5. The highest BCUT2D eigenvalue weighted by Gasteiger charge is 2.24. The zero-order valence-corrected chi connectivity index (χ0v) is 27.2. The lowest BCUT2D eigenvalue weighted by Crippen LogP contribution is -2.34. The maximum absolute atomic E-state index is 12.8. The number of carbonyl (C=O) groups excluding carboxylic acids is 5. The number of rotatable bonds is 6. The van der Waals surface area contributed by atoms with Gasteiger partial charge in [-0.1, -0.05) is 24.3 Å². The number of amides is 7. The first-order valence-corrected chi connectivity index (χ1v) is 15.8. The fraction of sp³-hybridized carbons (Fsp3) is 0.167. The highest BCUT2D eigenvalue weighted by molar-refractivity contribution is 6.14.